The highest BCUT2D eigenvalue weighted by Gasteiger charge is 2.13. The Morgan fingerprint density at radius 3 is 2.74 bits per heavy atom. The number of nitrogens with one attached hydrogen (secondary N) is 1. The number of hydrogen-bond acceptors (Lipinski definition) is 4. The van der Waals surface area contributed by atoms with E-state index in [1.807, 2.05) is 30.3 Å². The molecule has 0 fully saturated rings. The molecular weight excluding hydrogens is 286 g/mol. The first-order valence-electron chi connectivity index (χ1n) is 7.48. The molecular formula is C18H17N5. The molecule has 23 heavy (non-hydrogen) atoms. The summed E-state index contributed by atoms with van der Waals surface area (Å²) in [4.78, 5) is 4.47. The van der Waals surface area contributed by atoms with Crippen molar-refractivity contribution in [3.63, 3.8) is 0 Å². The van der Waals surface area contributed by atoms with Gasteiger partial charge in [-0.2, -0.15) is 10.4 Å². The van der Waals surface area contributed by atoms with Crippen molar-refractivity contribution in [1.82, 2.24) is 15.2 Å². The van der Waals surface area contributed by atoms with Crippen LogP contribution in [0.5, 0.6) is 0 Å². The topological polar surface area (TPSA) is 91.4 Å². The number of H-pyrrole nitrogens is 1. The molecule has 0 aliphatic rings. The van der Waals surface area contributed by atoms with Gasteiger partial charge in [0.15, 0.2) is 5.82 Å². The van der Waals surface area contributed by atoms with Crippen LogP contribution in [0.2, 0.25) is 0 Å². The maximum Gasteiger partial charge on any atom is 0.181 e. The smallest absolute Gasteiger partial charge is 0.181 e. The number of aromatic amines is 1. The molecule has 0 unspecified atom stereocenters. The molecule has 3 rings (SSSR count). The molecule has 0 bridgehead atoms. The van der Waals surface area contributed by atoms with Gasteiger partial charge in [-0.05, 0) is 30.5 Å². The van der Waals surface area contributed by atoms with Crippen molar-refractivity contribution < 1.29 is 0 Å². The van der Waals surface area contributed by atoms with Gasteiger partial charge in [0.05, 0.1) is 17.7 Å². The van der Waals surface area contributed by atoms with Gasteiger partial charge in [0, 0.05) is 5.56 Å². The van der Waals surface area contributed by atoms with Crippen molar-refractivity contribution in [1.29, 1.82) is 5.26 Å². The number of nitrogens with zero attached hydrogens (tertiary/aromatic N) is 3. The molecule has 0 aliphatic heterocycles. The maximum absolute atomic E-state index is 8.96. The Kier molecular flexibility index (Phi) is 4.46. The average molecular weight is 303 g/mol. The van der Waals surface area contributed by atoms with Gasteiger partial charge in [0.2, 0.25) is 0 Å². The number of benzene rings is 2. The molecule has 0 saturated heterocycles. The Bertz CT molecular complexity index is 817. The van der Waals surface area contributed by atoms with Crippen LogP contribution in [0.4, 0.5) is 0 Å². The van der Waals surface area contributed by atoms with E-state index < -0.39 is 0 Å². The van der Waals surface area contributed by atoms with Crippen molar-refractivity contribution in [2.75, 3.05) is 0 Å². The van der Waals surface area contributed by atoms with Crippen LogP contribution in [-0.4, -0.2) is 15.2 Å². The summed E-state index contributed by atoms with van der Waals surface area (Å²) in [5.74, 6) is 1.23. The van der Waals surface area contributed by atoms with E-state index >= 15 is 0 Å². The lowest BCUT2D eigenvalue weighted by molar-refractivity contribution is 0.615. The fourth-order valence-corrected chi connectivity index (χ4v) is 2.40. The highest BCUT2D eigenvalue weighted by Crippen LogP contribution is 2.19. The van der Waals surface area contributed by atoms with Gasteiger partial charge >= 0.3 is 0 Å². The molecule has 3 aromatic rings. The van der Waals surface area contributed by atoms with E-state index in [-0.39, 0.29) is 6.04 Å². The number of hydrogen-bond donors (Lipinski definition) is 2. The van der Waals surface area contributed by atoms with Crippen LogP contribution in [0.15, 0.2) is 54.6 Å². The highest BCUT2D eigenvalue weighted by molar-refractivity contribution is 5.57. The second-order valence-electron chi connectivity index (χ2n) is 5.37. The summed E-state index contributed by atoms with van der Waals surface area (Å²) in [7, 11) is 0. The Morgan fingerprint density at radius 1 is 1.13 bits per heavy atom. The fraction of sp³-hybridized carbons (Fsp3) is 0.167. The molecule has 5 nitrogen and oxygen atoms in total. The second kappa shape index (κ2) is 6.86. The van der Waals surface area contributed by atoms with Crippen LogP contribution < -0.4 is 5.73 Å². The van der Waals surface area contributed by atoms with Gasteiger partial charge in [-0.3, -0.25) is 5.10 Å². The first kappa shape index (κ1) is 14.9. The molecule has 114 valence electrons. The molecule has 0 spiro atoms. The summed E-state index contributed by atoms with van der Waals surface area (Å²) in [5, 5.41) is 16.1. The zero-order valence-corrected chi connectivity index (χ0v) is 12.6. The largest absolute Gasteiger partial charge is 0.321 e. The van der Waals surface area contributed by atoms with Crippen LogP contribution >= 0.6 is 0 Å². The summed E-state index contributed by atoms with van der Waals surface area (Å²) in [6.07, 6.45) is 1.68. The Labute approximate surface area is 134 Å². The van der Waals surface area contributed by atoms with Crippen LogP contribution in [0, 0.1) is 11.3 Å². The van der Waals surface area contributed by atoms with Gasteiger partial charge in [-0.25, -0.2) is 4.98 Å². The number of nitrogens with two attached hydrogens (primary N) is 1. The minimum absolute atomic E-state index is 0.199. The van der Waals surface area contributed by atoms with Crippen molar-refractivity contribution in [3.05, 3.63) is 71.5 Å². The predicted octanol–water partition coefficient (Wildman–Crippen LogP) is 2.98. The van der Waals surface area contributed by atoms with E-state index in [1.54, 1.807) is 12.1 Å². The van der Waals surface area contributed by atoms with E-state index in [0.717, 1.165) is 18.4 Å². The molecule has 0 amide bonds. The zero-order valence-electron chi connectivity index (χ0n) is 12.6. The Hall–Kier alpha value is -2.97. The molecule has 2 aromatic carbocycles. The first-order chi connectivity index (χ1) is 11.3. The third-order valence-electron chi connectivity index (χ3n) is 3.69. The van der Waals surface area contributed by atoms with E-state index in [1.165, 1.54) is 5.56 Å². The van der Waals surface area contributed by atoms with Crippen molar-refractivity contribution >= 4 is 0 Å². The number of aryl methyl sites for hydroxylation is 1. The number of rotatable bonds is 5. The normalized spacial score (nSPS) is 11.8. The summed E-state index contributed by atoms with van der Waals surface area (Å²) >= 11 is 0. The van der Waals surface area contributed by atoms with Crippen LogP contribution in [-0.2, 0) is 6.42 Å². The second-order valence-corrected chi connectivity index (χ2v) is 5.37. The quantitative estimate of drug-likeness (QED) is 0.758. The molecule has 3 N–H and O–H groups in total. The summed E-state index contributed by atoms with van der Waals surface area (Å²) in [5.41, 5.74) is 8.85. The molecule has 0 saturated carbocycles. The molecule has 1 aromatic heterocycles. The SMILES string of the molecule is N#Cc1cccc(-c2n[nH]c([C@H](N)CCc3ccccc3)n2)c1. The maximum atomic E-state index is 8.96. The minimum atomic E-state index is -0.199. The molecule has 5 heteroatoms. The third-order valence-corrected chi connectivity index (χ3v) is 3.69. The van der Waals surface area contributed by atoms with E-state index in [0.29, 0.717) is 17.2 Å². The molecule has 0 aliphatic carbocycles. The highest BCUT2D eigenvalue weighted by atomic mass is 15.2. The van der Waals surface area contributed by atoms with Gasteiger partial charge in [0.25, 0.3) is 0 Å². The van der Waals surface area contributed by atoms with Gasteiger partial charge < -0.3 is 5.73 Å². The standard InChI is InChI=1S/C18H17N5/c19-12-14-7-4-8-15(11-14)17-21-18(23-22-17)16(20)10-9-13-5-2-1-3-6-13/h1-8,11,16H,9-10,20H2,(H,21,22,23)/t16-/m1/s1. The zero-order chi connectivity index (χ0) is 16.1. The third kappa shape index (κ3) is 3.62. The van der Waals surface area contributed by atoms with Gasteiger partial charge in [-0.15, -0.1) is 0 Å². The van der Waals surface area contributed by atoms with E-state index in [4.69, 9.17) is 11.0 Å². The first-order valence-corrected chi connectivity index (χ1v) is 7.48. The Morgan fingerprint density at radius 2 is 1.96 bits per heavy atom. The monoisotopic (exact) mass is 303 g/mol. The van der Waals surface area contributed by atoms with Crippen LogP contribution in [0.3, 0.4) is 0 Å². The van der Waals surface area contributed by atoms with Crippen molar-refractivity contribution in [2.45, 2.75) is 18.9 Å². The minimum Gasteiger partial charge on any atom is -0.321 e. The summed E-state index contributed by atoms with van der Waals surface area (Å²) in [6.45, 7) is 0. The average Bonchev–Trinajstić information content (AvgIpc) is 3.11. The van der Waals surface area contributed by atoms with E-state index in [9.17, 15) is 0 Å². The van der Waals surface area contributed by atoms with Crippen LogP contribution in [0.1, 0.15) is 29.4 Å². The fourth-order valence-electron chi connectivity index (χ4n) is 2.40. The predicted molar refractivity (Wildman–Crippen MR) is 88.2 cm³/mol. The van der Waals surface area contributed by atoms with Gasteiger partial charge in [-0.1, -0.05) is 42.5 Å². The number of aromatic nitrogens is 3. The van der Waals surface area contributed by atoms with Crippen molar-refractivity contribution in [3.8, 4) is 17.5 Å². The van der Waals surface area contributed by atoms with E-state index in [2.05, 4.69) is 33.4 Å². The molecule has 1 atom stereocenters. The lowest BCUT2D eigenvalue weighted by Crippen LogP contribution is -2.13. The summed E-state index contributed by atoms with van der Waals surface area (Å²) < 4.78 is 0. The Balaban J connectivity index is 1.70. The van der Waals surface area contributed by atoms with Crippen LogP contribution in [0.25, 0.3) is 11.4 Å². The lowest BCUT2D eigenvalue weighted by Gasteiger charge is -2.07. The number of nitriles is 1. The summed E-state index contributed by atoms with van der Waals surface area (Å²) in [6, 6.07) is 19.4. The molecule has 0 radical (unpaired) electrons. The van der Waals surface area contributed by atoms with Gasteiger partial charge in [0.1, 0.15) is 5.82 Å². The molecule has 1 heterocycles. The lowest BCUT2D eigenvalue weighted by atomic mass is 10.1. The van der Waals surface area contributed by atoms with Crippen molar-refractivity contribution in [2.24, 2.45) is 5.73 Å².